The molecule has 1 aromatic heterocycles. The van der Waals surface area contributed by atoms with E-state index in [4.69, 9.17) is 5.14 Å². The molecule has 0 saturated carbocycles. The summed E-state index contributed by atoms with van der Waals surface area (Å²) >= 11 is -2.35. The molecule has 38 heavy (non-hydrogen) atoms. The number of aromatic nitrogens is 2. The third kappa shape index (κ3) is 6.18. The quantitative estimate of drug-likeness (QED) is 0.352. The van der Waals surface area contributed by atoms with Gasteiger partial charge in [0.25, 0.3) is 0 Å². The fourth-order valence-corrected chi connectivity index (χ4v) is 5.44. The molecule has 0 bridgehead atoms. The van der Waals surface area contributed by atoms with Crippen LogP contribution in [0.4, 0.5) is 23.4 Å². The molecule has 0 aliphatic carbocycles. The average Bonchev–Trinajstić information content (AvgIpc) is 2.84. The van der Waals surface area contributed by atoms with Crippen LogP contribution >= 0.6 is 0 Å². The number of halogens is 4. The molecule has 4 rings (SSSR count). The zero-order valence-corrected chi connectivity index (χ0v) is 21.5. The summed E-state index contributed by atoms with van der Waals surface area (Å²) in [7, 11) is -4.16. The summed E-state index contributed by atoms with van der Waals surface area (Å²) in [5.41, 5.74) is 0.216. The van der Waals surface area contributed by atoms with Crippen molar-refractivity contribution in [3.05, 3.63) is 60.2 Å². The third-order valence-electron chi connectivity index (χ3n) is 6.05. The van der Waals surface area contributed by atoms with Crippen molar-refractivity contribution in [1.82, 2.24) is 14.9 Å². The summed E-state index contributed by atoms with van der Waals surface area (Å²) in [6.07, 6.45) is -4.93. The summed E-state index contributed by atoms with van der Waals surface area (Å²) in [4.78, 5) is 10.6. The minimum absolute atomic E-state index is 0.0863. The molecule has 1 aliphatic rings. The van der Waals surface area contributed by atoms with Crippen LogP contribution in [-0.4, -0.2) is 63.6 Å². The molecule has 9 nitrogen and oxygen atoms in total. The third-order valence-corrected chi connectivity index (χ3v) is 7.50. The molecule has 2 heterocycles. The van der Waals surface area contributed by atoms with Crippen molar-refractivity contribution >= 4 is 26.9 Å². The predicted molar refractivity (Wildman–Crippen MR) is 131 cm³/mol. The van der Waals surface area contributed by atoms with Crippen molar-refractivity contribution in [2.75, 3.05) is 30.4 Å². The second kappa shape index (κ2) is 10.6. The Balaban J connectivity index is 1.98. The molecule has 0 amide bonds. The number of anilines is 1. The molecular formula is C23H22F4N5O4S2-. The Morgan fingerprint density at radius 2 is 1.79 bits per heavy atom. The molecule has 3 aromatic rings. The highest BCUT2D eigenvalue weighted by Gasteiger charge is 2.38. The standard InChI is InChI=1S/C23H23F4N5O4S2/c1-14-12-31(9-10-32(14)13-37(33)34)21-19(16-3-2-4-18(11-16)38(28,35)36)20(15-5-7-17(24)8-6-15)29-22(30-21)23(25,26)27/h2-8,11,14H,9-10,12-13H2,1H3,(H,33,34)(H2,28,35,36)/p-1. The van der Waals surface area contributed by atoms with Gasteiger partial charge in [-0.15, -0.1) is 0 Å². The van der Waals surface area contributed by atoms with Crippen molar-refractivity contribution < 1.29 is 34.7 Å². The summed E-state index contributed by atoms with van der Waals surface area (Å²) in [5.74, 6) is -2.42. The van der Waals surface area contributed by atoms with E-state index < -0.39 is 38.9 Å². The van der Waals surface area contributed by atoms with Crippen LogP contribution in [0.2, 0.25) is 0 Å². The minimum Gasteiger partial charge on any atom is -0.771 e. The van der Waals surface area contributed by atoms with Gasteiger partial charge in [-0.3, -0.25) is 9.11 Å². The molecule has 2 unspecified atom stereocenters. The van der Waals surface area contributed by atoms with Gasteiger partial charge < -0.3 is 9.45 Å². The van der Waals surface area contributed by atoms with Gasteiger partial charge in [0.2, 0.25) is 15.8 Å². The van der Waals surface area contributed by atoms with E-state index in [1.807, 2.05) is 0 Å². The average molecular weight is 573 g/mol. The SMILES string of the molecule is CC1CN(c2nc(C(F)(F)F)nc(-c3ccc(F)cc3)c2-c2cccc(S(N)(=O)=O)c2)CCN1CS(=O)[O-]. The Labute approximate surface area is 218 Å². The Morgan fingerprint density at radius 3 is 2.37 bits per heavy atom. The number of hydrogen-bond donors (Lipinski definition) is 1. The first-order valence-corrected chi connectivity index (χ1v) is 14.0. The Bertz CT molecular complexity index is 1470. The van der Waals surface area contributed by atoms with Gasteiger partial charge in [0.05, 0.1) is 22.0 Å². The lowest BCUT2D eigenvalue weighted by Gasteiger charge is -2.41. The van der Waals surface area contributed by atoms with Crippen molar-refractivity contribution in [3.63, 3.8) is 0 Å². The fraction of sp³-hybridized carbons (Fsp3) is 0.304. The number of rotatable bonds is 6. The van der Waals surface area contributed by atoms with Gasteiger partial charge >= 0.3 is 6.18 Å². The van der Waals surface area contributed by atoms with Gasteiger partial charge in [-0.25, -0.2) is 27.9 Å². The van der Waals surface area contributed by atoms with Crippen LogP contribution in [0.5, 0.6) is 0 Å². The Morgan fingerprint density at radius 1 is 1.11 bits per heavy atom. The lowest BCUT2D eigenvalue weighted by molar-refractivity contribution is -0.144. The van der Waals surface area contributed by atoms with E-state index >= 15 is 0 Å². The van der Waals surface area contributed by atoms with E-state index in [1.165, 1.54) is 36.4 Å². The van der Waals surface area contributed by atoms with Gasteiger partial charge in [-0.1, -0.05) is 12.1 Å². The molecule has 0 radical (unpaired) electrons. The molecule has 2 N–H and O–H groups in total. The maximum atomic E-state index is 14.0. The van der Waals surface area contributed by atoms with Crippen LogP contribution in [0.25, 0.3) is 22.4 Å². The Kier molecular flexibility index (Phi) is 7.86. The predicted octanol–water partition coefficient (Wildman–Crippen LogP) is 2.96. The Hall–Kier alpha value is -2.98. The molecule has 2 atom stereocenters. The van der Waals surface area contributed by atoms with Crippen molar-refractivity contribution in [2.24, 2.45) is 5.14 Å². The second-order valence-electron chi connectivity index (χ2n) is 8.71. The lowest BCUT2D eigenvalue weighted by Crippen LogP contribution is -2.53. The molecule has 2 aromatic carbocycles. The highest BCUT2D eigenvalue weighted by atomic mass is 32.2. The van der Waals surface area contributed by atoms with Crippen LogP contribution in [0, 0.1) is 5.82 Å². The maximum absolute atomic E-state index is 14.0. The molecule has 1 aliphatic heterocycles. The van der Waals surface area contributed by atoms with E-state index in [2.05, 4.69) is 9.97 Å². The largest absolute Gasteiger partial charge is 0.771 e. The van der Waals surface area contributed by atoms with Gasteiger partial charge in [-0.2, -0.15) is 13.2 Å². The van der Waals surface area contributed by atoms with Crippen LogP contribution in [-0.2, 0) is 27.3 Å². The smallest absolute Gasteiger partial charge is 0.451 e. The molecular weight excluding hydrogens is 550 g/mol. The van der Waals surface area contributed by atoms with Crippen LogP contribution in [0.1, 0.15) is 12.7 Å². The summed E-state index contributed by atoms with van der Waals surface area (Å²) in [5, 5.41) is 5.29. The first-order chi connectivity index (χ1) is 17.7. The summed E-state index contributed by atoms with van der Waals surface area (Å²) in [6, 6.07) is 9.61. The van der Waals surface area contributed by atoms with Gasteiger partial charge in [-0.05, 0) is 60.0 Å². The first kappa shape index (κ1) is 28.0. The minimum atomic E-state index is -4.93. The van der Waals surface area contributed by atoms with E-state index in [9.17, 15) is 34.7 Å². The summed E-state index contributed by atoms with van der Waals surface area (Å²) in [6.45, 7) is 2.19. The monoisotopic (exact) mass is 572 g/mol. The highest BCUT2D eigenvalue weighted by molar-refractivity contribution is 7.89. The normalized spacial score (nSPS) is 18.0. The van der Waals surface area contributed by atoms with Gasteiger partial charge in [0, 0.05) is 31.2 Å². The van der Waals surface area contributed by atoms with Crippen LogP contribution in [0.15, 0.2) is 53.4 Å². The number of sulfonamides is 1. The lowest BCUT2D eigenvalue weighted by atomic mass is 9.98. The second-order valence-corrected chi connectivity index (χ2v) is 11.1. The molecule has 1 saturated heterocycles. The molecule has 1 fully saturated rings. The van der Waals surface area contributed by atoms with Crippen molar-refractivity contribution in [3.8, 4) is 22.4 Å². The molecule has 0 spiro atoms. The number of piperazine rings is 1. The van der Waals surface area contributed by atoms with Crippen LogP contribution in [0.3, 0.4) is 0 Å². The number of primary sulfonamides is 1. The van der Waals surface area contributed by atoms with E-state index in [-0.39, 0.29) is 64.7 Å². The number of alkyl halides is 3. The van der Waals surface area contributed by atoms with Crippen molar-refractivity contribution in [1.29, 1.82) is 0 Å². The topological polar surface area (TPSA) is 133 Å². The van der Waals surface area contributed by atoms with Crippen LogP contribution < -0.4 is 10.0 Å². The number of hydrogen-bond acceptors (Lipinski definition) is 8. The number of nitrogens with zero attached hydrogens (tertiary/aromatic N) is 4. The molecule has 15 heteroatoms. The molecule has 204 valence electrons. The summed E-state index contributed by atoms with van der Waals surface area (Å²) < 4.78 is 102. The zero-order chi connectivity index (χ0) is 27.8. The van der Waals surface area contributed by atoms with Gasteiger partial charge in [0.1, 0.15) is 11.6 Å². The maximum Gasteiger partial charge on any atom is 0.451 e. The highest BCUT2D eigenvalue weighted by Crippen LogP contribution is 2.41. The zero-order valence-electron chi connectivity index (χ0n) is 19.9. The first-order valence-electron chi connectivity index (χ1n) is 11.2. The van der Waals surface area contributed by atoms with Gasteiger partial charge in [0.15, 0.2) is 0 Å². The number of nitrogens with two attached hydrogens (primary N) is 1. The van der Waals surface area contributed by atoms with Crippen molar-refractivity contribution in [2.45, 2.75) is 24.0 Å². The number of benzene rings is 2. The van der Waals surface area contributed by atoms with E-state index in [1.54, 1.807) is 16.7 Å². The van der Waals surface area contributed by atoms with E-state index in [0.29, 0.717) is 0 Å². The fourth-order valence-electron chi connectivity index (χ4n) is 4.23. The van der Waals surface area contributed by atoms with E-state index in [0.717, 1.165) is 12.1 Å².